The van der Waals surface area contributed by atoms with Crippen molar-refractivity contribution in [2.24, 2.45) is 11.7 Å². The zero-order valence-electron chi connectivity index (χ0n) is 13.7. The minimum atomic E-state index is -1.24. The molecule has 0 radical (unpaired) electrons. The van der Waals surface area contributed by atoms with E-state index in [1.165, 1.54) is 0 Å². The summed E-state index contributed by atoms with van der Waals surface area (Å²) >= 11 is 0. The van der Waals surface area contributed by atoms with Crippen molar-refractivity contribution in [3.05, 3.63) is 28.8 Å². The van der Waals surface area contributed by atoms with E-state index in [1.54, 1.807) is 7.11 Å². The van der Waals surface area contributed by atoms with Gasteiger partial charge in [-0.1, -0.05) is 12.1 Å². The average Bonchev–Trinajstić information content (AvgIpc) is 2.53. The van der Waals surface area contributed by atoms with Crippen LogP contribution in [-0.4, -0.2) is 53.7 Å². The Balaban J connectivity index is 2.96. The van der Waals surface area contributed by atoms with Crippen LogP contribution in [0.3, 0.4) is 0 Å². The van der Waals surface area contributed by atoms with Crippen LogP contribution in [0, 0.1) is 19.8 Å². The zero-order valence-corrected chi connectivity index (χ0v) is 13.7. The number of nitrogens with one attached hydrogen (secondary N) is 1. The molecule has 0 saturated carbocycles. The molecule has 3 atom stereocenters. The zero-order chi connectivity index (χ0) is 17.6. The Kier molecular flexibility index (Phi) is 7.44. The van der Waals surface area contributed by atoms with Crippen molar-refractivity contribution >= 4 is 5.91 Å². The van der Waals surface area contributed by atoms with Gasteiger partial charge in [0.15, 0.2) is 0 Å². The second-order valence-electron chi connectivity index (χ2n) is 5.56. The summed E-state index contributed by atoms with van der Waals surface area (Å²) in [6.07, 6.45) is -1.24. The van der Waals surface area contributed by atoms with Crippen molar-refractivity contribution in [1.82, 2.24) is 5.32 Å². The molecule has 0 spiro atoms. The van der Waals surface area contributed by atoms with Crippen molar-refractivity contribution in [2.75, 3.05) is 20.3 Å². The maximum atomic E-state index is 11.6. The largest absolute Gasteiger partial charge is 0.496 e. The first-order valence-electron chi connectivity index (χ1n) is 7.42. The number of rotatable bonds is 9. The molecule has 0 saturated heterocycles. The van der Waals surface area contributed by atoms with Crippen molar-refractivity contribution < 1.29 is 24.9 Å². The predicted molar refractivity (Wildman–Crippen MR) is 86.0 cm³/mol. The number of nitrogens with two attached hydrogens (primary N) is 1. The number of carbonyl (C=O) groups is 1. The van der Waals surface area contributed by atoms with E-state index in [9.17, 15) is 15.0 Å². The van der Waals surface area contributed by atoms with Crippen LogP contribution in [0.25, 0.3) is 0 Å². The number of aliphatic hydroxyl groups is 3. The molecule has 1 aromatic carbocycles. The monoisotopic (exact) mass is 326 g/mol. The molecule has 1 rings (SSSR count). The molecule has 1 amide bonds. The number of hydrogen-bond donors (Lipinski definition) is 5. The lowest BCUT2D eigenvalue weighted by Crippen LogP contribution is -2.52. The number of carbonyl (C=O) groups excluding carboxylic acids is 1. The third kappa shape index (κ3) is 4.65. The Labute approximate surface area is 136 Å². The van der Waals surface area contributed by atoms with Crippen molar-refractivity contribution in [2.45, 2.75) is 32.5 Å². The van der Waals surface area contributed by atoms with Gasteiger partial charge in [-0.15, -0.1) is 0 Å². The number of ether oxygens (including phenoxy) is 1. The molecular formula is C16H26N2O5. The van der Waals surface area contributed by atoms with Crippen LogP contribution in [0.15, 0.2) is 12.1 Å². The molecule has 1 aromatic rings. The summed E-state index contributed by atoms with van der Waals surface area (Å²) in [5.74, 6) is -0.890. The highest BCUT2D eigenvalue weighted by Crippen LogP contribution is 2.26. The molecule has 0 aliphatic heterocycles. The molecule has 130 valence electrons. The molecule has 7 heteroatoms. The third-order valence-corrected chi connectivity index (χ3v) is 4.10. The van der Waals surface area contributed by atoms with E-state index in [2.05, 4.69) is 5.32 Å². The molecule has 6 N–H and O–H groups in total. The van der Waals surface area contributed by atoms with Crippen LogP contribution >= 0.6 is 0 Å². The standard InChI is InChI=1S/C16H26N2O5/c1-9-4-5-11(15(23-3)10(9)2)6-18-14(16(17)22)12(7-19)13(21)8-20/h4-5,12-14,18-21H,6-8H2,1-3H3,(H2,17,22). The van der Waals surface area contributed by atoms with Crippen molar-refractivity contribution in [3.8, 4) is 5.75 Å². The third-order valence-electron chi connectivity index (χ3n) is 4.10. The van der Waals surface area contributed by atoms with Gasteiger partial charge in [-0.25, -0.2) is 0 Å². The van der Waals surface area contributed by atoms with E-state index in [-0.39, 0.29) is 6.54 Å². The fraction of sp³-hybridized carbons (Fsp3) is 0.562. The van der Waals surface area contributed by atoms with Gasteiger partial charge in [0.05, 0.1) is 32.5 Å². The first-order chi connectivity index (χ1) is 10.9. The van der Waals surface area contributed by atoms with Gasteiger partial charge < -0.3 is 31.1 Å². The summed E-state index contributed by atoms with van der Waals surface area (Å²) in [4.78, 5) is 11.6. The second-order valence-corrected chi connectivity index (χ2v) is 5.56. The quantitative estimate of drug-likeness (QED) is 0.405. The molecule has 23 heavy (non-hydrogen) atoms. The number of aryl methyl sites for hydroxylation is 1. The second kappa shape index (κ2) is 8.83. The smallest absolute Gasteiger partial charge is 0.235 e. The van der Waals surface area contributed by atoms with E-state index in [0.29, 0.717) is 5.75 Å². The van der Waals surface area contributed by atoms with E-state index in [0.717, 1.165) is 16.7 Å². The summed E-state index contributed by atoms with van der Waals surface area (Å²) in [5, 5.41) is 31.1. The van der Waals surface area contributed by atoms with Gasteiger partial charge in [0.25, 0.3) is 0 Å². The highest BCUT2D eigenvalue weighted by molar-refractivity contribution is 5.80. The topological polar surface area (TPSA) is 125 Å². The van der Waals surface area contributed by atoms with Gasteiger partial charge in [-0.05, 0) is 25.0 Å². The normalized spacial score (nSPS) is 15.0. The number of aliphatic hydroxyl groups excluding tert-OH is 3. The fourth-order valence-electron chi connectivity index (χ4n) is 2.54. The lowest BCUT2D eigenvalue weighted by molar-refractivity contribution is -0.124. The highest BCUT2D eigenvalue weighted by atomic mass is 16.5. The van der Waals surface area contributed by atoms with Gasteiger partial charge in [-0.3, -0.25) is 4.79 Å². The lowest BCUT2D eigenvalue weighted by atomic mass is 9.93. The average molecular weight is 326 g/mol. The Morgan fingerprint density at radius 1 is 1.30 bits per heavy atom. The Morgan fingerprint density at radius 3 is 2.43 bits per heavy atom. The van der Waals surface area contributed by atoms with Crippen LogP contribution in [0.2, 0.25) is 0 Å². The van der Waals surface area contributed by atoms with Crippen molar-refractivity contribution in [3.63, 3.8) is 0 Å². The van der Waals surface area contributed by atoms with Crippen LogP contribution in [0.4, 0.5) is 0 Å². The van der Waals surface area contributed by atoms with Gasteiger partial charge in [0.2, 0.25) is 5.91 Å². The van der Waals surface area contributed by atoms with Crippen LogP contribution in [0.5, 0.6) is 5.75 Å². The van der Waals surface area contributed by atoms with Crippen LogP contribution in [0.1, 0.15) is 16.7 Å². The maximum Gasteiger partial charge on any atom is 0.235 e. The summed E-state index contributed by atoms with van der Waals surface area (Å²) in [6, 6.07) is 2.84. The van der Waals surface area contributed by atoms with Crippen molar-refractivity contribution in [1.29, 1.82) is 0 Å². The molecule has 3 unspecified atom stereocenters. The van der Waals surface area contributed by atoms with Crippen LogP contribution < -0.4 is 15.8 Å². The maximum absolute atomic E-state index is 11.6. The van der Waals surface area contributed by atoms with Gasteiger partial charge in [0, 0.05) is 18.0 Å². The lowest BCUT2D eigenvalue weighted by Gasteiger charge is -2.27. The summed E-state index contributed by atoms with van der Waals surface area (Å²) in [6.45, 7) is 3.14. The van der Waals surface area contributed by atoms with Gasteiger partial charge in [-0.2, -0.15) is 0 Å². The van der Waals surface area contributed by atoms with E-state index >= 15 is 0 Å². The SMILES string of the molecule is COc1c(CNC(C(N)=O)C(CO)C(O)CO)ccc(C)c1C. The molecule has 0 aliphatic carbocycles. The molecule has 0 heterocycles. The van der Waals surface area contributed by atoms with E-state index in [4.69, 9.17) is 15.6 Å². The highest BCUT2D eigenvalue weighted by Gasteiger charge is 2.31. The first kappa shape index (κ1) is 19.4. The summed E-state index contributed by atoms with van der Waals surface area (Å²) in [5.41, 5.74) is 8.27. The molecule has 0 bridgehead atoms. The number of hydrogen-bond acceptors (Lipinski definition) is 6. The summed E-state index contributed by atoms with van der Waals surface area (Å²) < 4.78 is 5.41. The number of primary amides is 1. The number of benzene rings is 1. The number of methoxy groups -OCH3 is 1. The minimum Gasteiger partial charge on any atom is -0.496 e. The molecular weight excluding hydrogens is 300 g/mol. The minimum absolute atomic E-state index is 0.270. The Hall–Kier alpha value is -1.67. The van der Waals surface area contributed by atoms with Crippen LogP contribution in [-0.2, 0) is 11.3 Å². The Bertz CT molecular complexity index is 535. The van der Waals surface area contributed by atoms with Gasteiger partial charge >= 0.3 is 0 Å². The van der Waals surface area contributed by atoms with E-state index < -0.39 is 37.2 Å². The predicted octanol–water partition coefficient (Wildman–Crippen LogP) is -0.783. The first-order valence-corrected chi connectivity index (χ1v) is 7.42. The fourth-order valence-corrected chi connectivity index (χ4v) is 2.54. The Morgan fingerprint density at radius 2 is 1.96 bits per heavy atom. The molecule has 7 nitrogen and oxygen atoms in total. The molecule has 0 aromatic heterocycles. The molecule has 0 aliphatic rings. The van der Waals surface area contributed by atoms with Gasteiger partial charge in [0.1, 0.15) is 5.75 Å². The van der Waals surface area contributed by atoms with E-state index in [1.807, 2.05) is 26.0 Å². The summed E-state index contributed by atoms with van der Waals surface area (Å²) in [7, 11) is 1.57. The molecule has 0 fully saturated rings. The number of amides is 1.